The molecule has 0 N–H and O–H groups in total. The molecule has 0 bridgehead atoms. The van der Waals surface area contributed by atoms with E-state index in [1.807, 2.05) is 0 Å². The van der Waals surface area contributed by atoms with Crippen molar-refractivity contribution in [2.45, 2.75) is 140 Å². The lowest BCUT2D eigenvalue weighted by molar-refractivity contribution is 0.133. The second-order valence-corrected chi connectivity index (χ2v) is 12.7. The van der Waals surface area contributed by atoms with Gasteiger partial charge in [0.1, 0.15) is 0 Å². The topological polar surface area (TPSA) is 0 Å². The Kier molecular flexibility index (Phi) is 23.6. The van der Waals surface area contributed by atoms with Crippen LogP contribution in [0.5, 0.6) is 0 Å². The normalized spacial score (nSPS) is 12.6. The van der Waals surface area contributed by atoms with Gasteiger partial charge in [0.05, 0.1) is 0 Å². The quantitative estimate of drug-likeness (QED) is 0.0861. The Hall–Kier alpha value is 0.154. The first-order valence-corrected chi connectivity index (χ1v) is 16.2. The van der Waals surface area contributed by atoms with Crippen LogP contribution < -0.4 is 0 Å². The van der Waals surface area contributed by atoms with Crippen LogP contribution in [0.25, 0.3) is 0 Å². The highest BCUT2D eigenvalue weighted by Gasteiger charge is 2.02. The molecule has 170 valence electrons. The van der Waals surface area contributed by atoms with Gasteiger partial charge in [0, 0.05) is 31.9 Å². The SMILES string of the molecule is FC(F)CCCCCCC[SiH2]CCCCCC[SiH2]CCCCCCCC(F)F. The van der Waals surface area contributed by atoms with Gasteiger partial charge in [0.2, 0.25) is 12.9 Å². The van der Waals surface area contributed by atoms with Crippen LogP contribution in [0.1, 0.15) is 103 Å². The summed E-state index contributed by atoms with van der Waals surface area (Å²) in [6.45, 7) is 0. The van der Waals surface area contributed by atoms with Crippen LogP contribution in [0.15, 0.2) is 0 Å². The molecule has 0 rings (SSSR count). The van der Waals surface area contributed by atoms with Crippen LogP contribution in [0, 0.1) is 0 Å². The van der Waals surface area contributed by atoms with Gasteiger partial charge in [0.25, 0.3) is 0 Å². The standard InChI is InChI=1S/C22H46F4Si2/c23-21(24)15-9-3-1-5-11-17-27-19-13-7-8-14-20-28-18-12-6-2-4-10-16-22(25)26/h21-22H,1-20,27-28H2. The average molecular weight is 443 g/mol. The van der Waals surface area contributed by atoms with E-state index >= 15 is 0 Å². The molecule has 0 aromatic rings. The average Bonchev–Trinajstić information content (AvgIpc) is 2.65. The third kappa shape index (κ3) is 26.2. The smallest absolute Gasteiger partial charge is 0.211 e. The van der Waals surface area contributed by atoms with Gasteiger partial charge in [-0.3, -0.25) is 0 Å². The summed E-state index contributed by atoms with van der Waals surface area (Å²) in [6, 6.07) is 5.89. The monoisotopic (exact) mass is 442 g/mol. The van der Waals surface area contributed by atoms with Gasteiger partial charge in [-0.2, -0.15) is 0 Å². The van der Waals surface area contributed by atoms with E-state index in [2.05, 4.69) is 0 Å². The van der Waals surface area contributed by atoms with Crippen molar-refractivity contribution in [2.24, 2.45) is 0 Å². The third-order valence-corrected chi connectivity index (χ3v) is 9.59. The maximum Gasteiger partial charge on any atom is 0.238 e. The molecule has 0 saturated carbocycles. The van der Waals surface area contributed by atoms with Crippen molar-refractivity contribution in [2.75, 3.05) is 0 Å². The highest BCUT2D eigenvalue weighted by molar-refractivity contribution is 6.35. The van der Waals surface area contributed by atoms with Crippen molar-refractivity contribution >= 4 is 19.0 Å². The molecule has 0 aromatic heterocycles. The Balaban J connectivity index is 3.00. The highest BCUT2D eigenvalue weighted by Crippen LogP contribution is 2.13. The van der Waals surface area contributed by atoms with Crippen molar-refractivity contribution < 1.29 is 17.6 Å². The summed E-state index contributed by atoms with van der Waals surface area (Å²) in [5.74, 6) is 0. The van der Waals surface area contributed by atoms with Gasteiger partial charge < -0.3 is 0 Å². The zero-order chi connectivity index (χ0) is 20.7. The lowest BCUT2D eigenvalue weighted by Gasteiger charge is -2.04. The lowest BCUT2D eigenvalue weighted by Crippen LogP contribution is -1.93. The van der Waals surface area contributed by atoms with E-state index < -0.39 is 12.9 Å². The molecule has 0 atom stereocenters. The van der Waals surface area contributed by atoms with Crippen LogP contribution in [-0.4, -0.2) is 31.9 Å². The summed E-state index contributed by atoms with van der Waals surface area (Å²) in [6.07, 6.45) is 12.4. The van der Waals surface area contributed by atoms with Gasteiger partial charge >= 0.3 is 0 Å². The fourth-order valence-electron chi connectivity index (χ4n) is 3.78. The van der Waals surface area contributed by atoms with Crippen molar-refractivity contribution in [1.29, 1.82) is 0 Å². The van der Waals surface area contributed by atoms with E-state index in [4.69, 9.17) is 0 Å². The van der Waals surface area contributed by atoms with Gasteiger partial charge in [-0.15, -0.1) is 0 Å². The highest BCUT2D eigenvalue weighted by atomic mass is 28.2. The molecule has 0 spiro atoms. The molecule has 0 fully saturated rings. The number of unbranched alkanes of at least 4 members (excludes halogenated alkanes) is 11. The number of hydrogen-bond donors (Lipinski definition) is 0. The molecule has 0 heterocycles. The maximum absolute atomic E-state index is 12.0. The summed E-state index contributed by atoms with van der Waals surface area (Å²) in [7, 11) is 0.283. The van der Waals surface area contributed by atoms with Crippen LogP contribution in [0.2, 0.25) is 24.2 Å². The Morgan fingerprint density at radius 2 is 0.607 bits per heavy atom. The van der Waals surface area contributed by atoms with E-state index in [-0.39, 0.29) is 31.9 Å². The molecule has 0 amide bonds. The largest absolute Gasteiger partial charge is 0.238 e. The second-order valence-electron chi connectivity index (χ2n) is 8.43. The minimum Gasteiger partial charge on any atom is -0.211 e. The fourth-order valence-corrected chi connectivity index (χ4v) is 7.31. The minimum atomic E-state index is -2.11. The molecule has 0 saturated heterocycles. The van der Waals surface area contributed by atoms with E-state index in [1.165, 1.54) is 75.5 Å². The Labute approximate surface area is 176 Å². The summed E-state index contributed by atoms with van der Waals surface area (Å²) >= 11 is 0. The van der Waals surface area contributed by atoms with E-state index in [1.54, 1.807) is 0 Å². The van der Waals surface area contributed by atoms with E-state index in [0.717, 1.165) is 25.7 Å². The summed E-state index contributed by atoms with van der Waals surface area (Å²) < 4.78 is 47.9. The molecular formula is C22H46F4Si2. The molecular weight excluding hydrogens is 396 g/mol. The molecule has 0 aliphatic heterocycles. The van der Waals surface area contributed by atoms with Crippen LogP contribution >= 0.6 is 0 Å². The van der Waals surface area contributed by atoms with Gasteiger partial charge in [-0.25, -0.2) is 17.6 Å². The fraction of sp³-hybridized carbons (Fsp3) is 1.00. The number of halogens is 4. The molecule has 28 heavy (non-hydrogen) atoms. The molecule has 0 nitrogen and oxygen atoms in total. The van der Waals surface area contributed by atoms with E-state index in [0.29, 0.717) is 12.8 Å². The predicted octanol–water partition coefficient (Wildman–Crippen LogP) is 7.77. The Bertz CT molecular complexity index is 264. The zero-order valence-corrected chi connectivity index (χ0v) is 21.1. The molecule has 0 unspecified atom stereocenters. The first-order chi connectivity index (χ1) is 13.6. The van der Waals surface area contributed by atoms with Crippen LogP contribution in [-0.2, 0) is 0 Å². The zero-order valence-electron chi connectivity index (χ0n) is 18.2. The van der Waals surface area contributed by atoms with Gasteiger partial charge in [-0.05, 0) is 12.8 Å². The second kappa shape index (κ2) is 23.4. The summed E-state index contributed by atoms with van der Waals surface area (Å²) in [4.78, 5) is 0. The first-order valence-electron chi connectivity index (χ1n) is 12.2. The number of hydrogen-bond acceptors (Lipinski definition) is 0. The molecule has 6 heteroatoms. The third-order valence-electron chi connectivity index (χ3n) is 5.59. The molecule has 0 aliphatic rings. The minimum absolute atomic E-state index is 0.0861. The van der Waals surface area contributed by atoms with Crippen LogP contribution in [0.3, 0.4) is 0 Å². The van der Waals surface area contributed by atoms with Gasteiger partial charge in [0.15, 0.2) is 0 Å². The molecule has 0 radical (unpaired) electrons. The van der Waals surface area contributed by atoms with Crippen LogP contribution in [0.4, 0.5) is 17.6 Å². The first kappa shape index (κ1) is 28.2. The summed E-state index contributed by atoms with van der Waals surface area (Å²) in [5, 5.41) is 0. The number of alkyl halides is 4. The van der Waals surface area contributed by atoms with Crippen molar-refractivity contribution in [3.8, 4) is 0 Å². The predicted molar refractivity (Wildman–Crippen MR) is 122 cm³/mol. The maximum atomic E-state index is 12.0. The van der Waals surface area contributed by atoms with E-state index in [9.17, 15) is 17.6 Å². The van der Waals surface area contributed by atoms with Crippen molar-refractivity contribution in [3.63, 3.8) is 0 Å². The summed E-state index contributed by atoms with van der Waals surface area (Å²) in [5.41, 5.74) is 0. The molecule has 0 aliphatic carbocycles. The Morgan fingerprint density at radius 1 is 0.357 bits per heavy atom. The van der Waals surface area contributed by atoms with Crippen molar-refractivity contribution in [1.82, 2.24) is 0 Å². The number of rotatable bonds is 23. The molecule has 0 aromatic carbocycles. The van der Waals surface area contributed by atoms with Crippen molar-refractivity contribution in [3.05, 3.63) is 0 Å². The lowest BCUT2D eigenvalue weighted by atomic mass is 10.1. The Morgan fingerprint density at radius 3 is 0.893 bits per heavy atom. The van der Waals surface area contributed by atoms with Gasteiger partial charge in [-0.1, -0.05) is 101 Å².